The molecule has 1 aliphatic carbocycles. The van der Waals surface area contributed by atoms with Gasteiger partial charge in [-0.15, -0.1) is 0 Å². The molecular weight excluding hydrogens is 276 g/mol. The first kappa shape index (κ1) is 12.9. The van der Waals surface area contributed by atoms with E-state index in [1.54, 1.807) is 7.11 Å². The van der Waals surface area contributed by atoms with Crippen molar-refractivity contribution in [3.8, 4) is 5.75 Å². The van der Waals surface area contributed by atoms with Crippen LogP contribution in [0.4, 0.5) is 0 Å². The van der Waals surface area contributed by atoms with Crippen molar-refractivity contribution >= 4 is 15.9 Å². The zero-order valence-electron chi connectivity index (χ0n) is 10.9. The van der Waals surface area contributed by atoms with Crippen molar-refractivity contribution in [1.82, 2.24) is 0 Å². The van der Waals surface area contributed by atoms with Gasteiger partial charge in [0.05, 0.1) is 7.11 Å². The Bertz CT molecular complexity index is 400. The van der Waals surface area contributed by atoms with E-state index in [2.05, 4.69) is 41.9 Å². The van der Waals surface area contributed by atoms with E-state index in [1.165, 1.54) is 42.4 Å². The van der Waals surface area contributed by atoms with Gasteiger partial charge < -0.3 is 4.74 Å². The predicted molar refractivity (Wildman–Crippen MR) is 76.4 cm³/mol. The van der Waals surface area contributed by atoms with E-state index in [0.717, 1.165) is 5.75 Å². The fourth-order valence-corrected chi connectivity index (χ4v) is 3.68. The summed E-state index contributed by atoms with van der Waals surface area (Å²) >= 11 is 3.84. The van der Waals surface area contributed by atoms with Crippen LogP contribution in [0.1, 0.15) is 48.3 Å². The van der Waals surface area contributed by atoms with Gasteiger partial charge in [-0.25, -0.2) is 0 Å². The quantitative estimate of drug-likeness (QED) is 0.717. The van der Waals surface area contributed by atoms with E-state index in [1.807, 2.05) is 0 Å². The van der Waals surface area contributed by atoms with Crippen LogP contribution in [0.15, 0.2) is 12.1 Å². The first-order valence-corrected chi connectivity index (χ1v) is 7.35. The minimum absolute atomic E-state index is 0.604. The summed E-state index contributed by atoms with van der Waals surface area (Å²) in [6.45, 7) is 4.30. The molecule has 0 radical (unpaired) electrons. The molecule has 2 unspecified atom stereocenters. The third kappa shape index (κ3) is 2.52. The van der Waals surface area contributed by atoms with Gasteiger partial charge >= 0.3 is 0 Å². The van der Waals surface area contributed by atoms with Crippen LogP contribution in [0.5, 0.6) is 5.75 Å². The Kier molecular flexibility index (Phi) is 4.13. The van der Waals surface area contributed by atoms with Crippen molar-refractivity contribution < 1.29 is 4.74 Å². The monoisotopic (exact) mass is 296 g/mol. The zero-order valence-corrected chi connectivity index (χ0v) is 12.5. The second-order valence-corrected chi connectivity index (χ2v) is 6.21. The summed E-state index contributed by atoms with van der Waals surface area (Å²) in [6.07, 6.45) is 5.23. The topological polar surface area (TPSA) is 9.23 Å². The molecule has 94 valence electrons. The molecule has 1 saturated carbocycles. The summed E-state index contributed by atoms with van der Waals surface area (Å²) in [5, 5.41) is 0. The summed E-state index contributed by atoms with van der Waals surface area (Å²) in [4.78, 5) is 0.604. The predicted octanol–water partition coefficient (Wildman–Crippen LogP) is 4.73. The van der Waals surface area contributed by atoms with Gasteiger partial charge in [-0.05, 0) is 43.4 Å². The third-order valence-corrected chi connectivity index (χ3v) is 5.09. The molecule has 0 bridgehead atoms. The van der Waals surface area contributed by atoms with Gasteiger partial charge in [-0.1, -0.05) is 40.9 Å². The highest BCUT2D eigenvalue weighted by Crippen LogP contribution is 2.42. The number of benzene rings is 1. The highest BCUT2D eigenvalue weighted by molar-refractivity contribution is 9.09. The highest BCUT2D eigenvalue weighted by atomic mass is 79.9. The molecule has 0 heterocycles. The molecule has 1 aromatic rings. The van der Waals surface area contributed by atoms with Gasteiger partial charge in [0.2, 0.25) is 0 Å². The summed E-state index contributed by atoms with van der Waals surface area (Å²) in [7, 11) is 1.79. The van der Waals surface area contributed by atoms with Gasteiger partial charge in [0.25, 0.3) is 0 Å². The molecule has 0 saturated heterocycles. The number of rotatable bonds is 2. The molecule has 1 nitrogen and oxygen atoms in total. The van der Waals surface area contributed by atoms with E-state index in [0.29, 0.717) is 10.7 Å². The van der Waals surface area contributed by atoms with Crippen LogP contribution in [0.3, 0.4) is 0 Å². The number of hydrogen-bond donors (Lipinski definition) is 0. The van der Waals surface area contributed by atoms with Gasteiger partial charge in [0.1, 0.15) is 5.75 Å². The molecule has 1 aliphatic rings. The number of methoxy groups -OCH3 is 1. The minimum atomic E-state index is 0.604. The maximum atomic E-state index is 5.64. The lowest BCUT2D eigenvalue weighted by molar-refractivity contribution is 0.388. The fourth-order valence-electron chi connectivity index (χ4n) is 2.81. The van der Waals surface area contributed by atoms with Crippen molar-refractivity contribution in [1.29, 1.82) is 0 Å². The largest absolute Gasteiger partial charge is 0.496 e. The smallest absolute Gasteiger partial charge is 0.125 e. The summed E-state index contributed by atoms with van der Waals surface area (Å²) in [5.41, 5.74) is 3.99. The van der Waals surface area contributed by atoms with Gasteiger partial charge in [-0.3, -0.25) is 0 Å². The lowest BCUT2D eigenvalue weighted by Crippen LogP contribution is -2.18. The van der Waals surface area contributed by atoms with Gasteiger partial charge in [-0.2, -0.15) is 0 Å². The van der Waals surface area contributed by atoms with Crippen molar-refractivity contribution in [2.45, 2.75) is 50.3 Å². The Morgan fingerprint density at radius 3 is 2.53 bits per heavy atom. The van der Waals surface area contributed by atoms with Crippen molar-refractivity contribution in [3.63, 3.8) is 0 Å². The Morgan fingerprint density at radius 2 is 1.88 bits per heavy atom. The lowest BCUT2D eigenvalue weighted by atomic mass is 9.82. The molecule has 2 atom stereocenters. The SMILES string of the molecule is COc1c(C2CCCCC2Br)ccc(C)c1C. The van der Waals surface area contributed by atoms with Crippen LogP contribution in [0.25, 0.3) is 0 Å². The molecule has 0 amide bonds. The molecular formula is C15H21BrO. The standard InChI is InChI=1S/C15H21BrO/c1-10-8-9-13(15(17-3)11(10)2)12-6-4-5-7-14(12)16/h8-9,12,14H,4-7H2,1-3H3. The van der Waals surface area contributed by atoms with Crippen LogP contribution in [-0.4, -0.2) is 11.9 Å². The maximum absolute atomic E-state index is 5.64. The van der Waals surface area contributed by atoms with Crippen LogP contribution < -0.4 is 4.74 Å². The molecule has 0 aliphatic heterocycles. The Balaban J connectivity index is 2.40. The Labute approximate surface area is 113 Å². The molecule has 1 fully saturated rings. The summed E-state index contributed by atoms with van der Waals surface area (Å²) in [5.74, 6) is 1.71. The number of hydrogen-bond acceptors (Lipinski definition) is 1. The normalized spacial score (nSPS) is 24.7. The second-order valence-electron chi connectivity index (χ2n) is 5.04. The van der Waals surface area contributed by atoms with Crippen LogP contribution in [-0.2, 0) is 0 Å². The number of ether oxygens (including phenoxy) is 1. The van der Waals surface area contributed by atoms with E-state index in [9.17, 15) is 0 Å². The van der Waals surface area contributed by atoms with E-state index >= 15 is 0 Å². The second kappa shape index (κ2) is 5.43. The highest BCUT2D eigenvalue weighted by Gasteiger charge is 2.27. The first-order chi connectivity index (χ1) is 8.15. The zero-order chi connectivity index (χ0) is 12.4. The van der Waals surface area contributed by atoms with Crippen molar-refractivity contribution in [2.75, 3.05) is 7.11 Å². The van der Waals surface area contributed by atoms with E-state index in [-0.39, 0.29) is 0 Å². The molecule has 17 heavy (non-hydrogen) atoms. The summed E-state index contributed by atoms with van der Waals surface area (Å²) in [6, 6.07) is 4.48. The van der Waals surface area contributed by atoms with Crippen LogP contribution >= 0.6 is 15.9 Å². The fraction of sp³-hybridized carbons (Fsp3) is 0.600. The van der Waals surface area contributed by atoms with E-state index < -0.39 is 0 Å². The third-order valence-electron chi connectivity index (χ3n) is 3.99. The van der Waals surface area contributed by atoms with Gasteiger partial charge in [0.15, 0.2) is 0 Å². The summed E-state index contributed by atoms with van der Waals surface area (Å²) < 4.78 is 5.64. The molecule has 0 aromatic heterocycles. The van der Waals surface area contributed by atoms with Crippen LogP contribution in [0.2, 0.25) is 0 Å². The molecule has 2 heteroatoms. The lowest BCUT2D eigenvalue weighted by Gasteiger charge is -2.29. The number of alkyl halides is 1. The molecule has 0 N–H and O–H groups in total. The average molecular weight is 297 g/mol. The minimum Gasteiger partial charge on any atom is -0.496 e. The van der Waals surface area contributed by atoms with Crippen LogP contribution in [0, 0.1) is 13.8 Å². The van der Waals surface area contributed by atoms with Crippen molar-refractivity contribution in [2.24, 2.45) is 0 Å². The number of aryl methyl sites for hydroxylation is 1. The van der Waals surface area contributed by atoms with E-state index in [4.69, 9.17) is 4.74 Å². The maximum Gasteiger partial charge on any atom is 0.125 e. The first-order valence-electron chi connectivity index (χ1n) is 6.43. The molecule has 0 spiro atoms. The number of halogens is 1. The van der Waals surface area contributed by atoms with Crippen molar-refractivity contribution in [3.05, 3.63) is 28.8 Å². The van der Waals surface area contributed by atoms with Gasteiger partial charge in [0, 0.05) is 10.7 Å². The average Bonchev–Trinajstić information content (AvgIpc) is 2.33. The Hall–Kier alpha value is -0.500. The molecule has 2 rings (SSSR count). The molecule has 1 aromatic carbocycles. The Morgan fingerprint density at radius 1 is 1.18 bits per heavy atom.